The molecule has 2 fully saturated rings. The van der Waals surface area contributed by atoms with Gasteiger partial charge in [-0.25, -0.2) is 9.59 Å². The Labute approximate surface area is 242 Å². The van der Waals surface area contributed by atoms with Crippen LogP contribution in [0.1, 0.15) is 36.8 Å². The van der Waals surface area contributed by atoms with Crippen molar-refractivity contribution in [2.45, 2.75) is 56.5 Å². The molecule has 230 valence electrons. The summed E-state index contributed by atoms with van der Waals surface area (Å²) >= 11 is 5.61. The van der Waals surface area contributed by atoms with Gasteiger partial charge in [-0.2, -0.15) is 26.3 Å². The van der Waals surface area contributed by atoms with Crippen LogP contribution in [0, 0.1) is 5.41 Å². The van der Waals surface area contributed by atoms with E-state index in [1.807, 2.05) is 18.2 Å². The molecule has 1 saturated carbocycles. The van der Waals surface area contributed by atoms with Crippen LogP contribution in [0.4, 0.5) is 36.8 Å². The average Bonchev–Trinajstić information content (AvgIpc) is 3.33. The van der Waals surface area contributed by atoms with E-state index in [4.69, 9.17) is 21.1 Å². The number of hydrogen-bond acceptors (Lipinski definition) is 6. The lowest BCUT2D eigenvalue weighted by molar-refractivity contribution is -0.199. The second kappa shape index (κ2) is 12.1. The normalized spacial score (nSPS) is 22.2. The third-order valence-corrected chi connectivity index (χ3v) is 8.01. The summed E-state index contributed by atoms with van der Waals surface area (Å²) in [6.45, 7) is 0.707. The predicted molar refractivity (Wildman–Crippen MR) is 139 cm³/mol. The van der Waals surface area contributed by atoms with E-state index in [1.54, 1.807) is 0 Å². The number of anilines is 1. The summed E-state index contributed by atoms with van der Waals surface area (Å²) in [4.78, 5) is 29.0. The van der Waals surface area contributed by atoms with E-state index < -0.39 is 46.7 Å². The van der Waals surface area contributed by atoms with Crippen molar-refractivity contribution in [2.75, 3.05) is 25.8 Å². The number of nitrogens with zero attached hydrogens (tertiary/aromatic N) is 1. The summed E-state index contributed by atoms with van der Waals surface area (Å²) in [6, 6.07) is 5.57. The van der Waals surface area contributed by atoms with Gasteiger partial charge in [0.2, 0.25) is 0 Å². The van der Waals surface area contributed by atoms with E-state index in [0.29, 0.717) is 49.8 Å². The highest BCUT2D eigenvalue weighted by Crippen LogP contribution is 2.46. The van der Waals surface area contributed by atoms with Gasteiger partial charge in [-0.05, 0) is 80.0 Å². The fourth-order valence-electron chi connectivity index (χ4n) is 5.65. The number of fused-ring (bicyclic) bond motifs is 1. The van der Waals surface area contributed by atoms with E-state index >= 15 is 0 Å². The van der Waals surface area contributed by atoms with Crippen LogP contribution in [0.5, 0.6) is 11.5 Å². The molecule has 2 aromatic carbocycles. The van der Waals surface area contributed by atoms with E-state index in [-0.39, 0.29) is 16.5 Å². The van der Waals surface area contributed by atoms with Gasteiger partial charge in [0.25, 0.3) is 0 Å². The Kier molecular flexibility index (Phi) is 9.07. The summed E-state index contributed by atoms with van der Waals surface area (Å²) in [7, 11) is 3.08. The molecule has 0 spiro atoms. The van der Waals surface area contributed by atoms with Crippen molar-refractivity contribution in [3.63, 3.8) is 0 Å². The van der Waals surface area contributed by atoms with Gasteiger partial charge in [-0.1, -0.05) is 17.7 Å². The number of rotatable bonds is 6. The Bertz CT molecular complexity index is 1320. The number of carbonyl (C=O) groups is 2. The minimum absolute atomic E-state index is 0.0804. The number of hydrogen-bond donors (Lipinski definition) is 2. The Morgan fingerprint density at radius 2 is 1.76 bits per heavy atom. The Balaban J connectivity index is 1.52. The van der Waals surface area contributed by atoms with Crippen LogP contribution in [-0.4, -0.2) is 51.0 Å². The van der Waals surface area contributed by atoms with Crippen LogP contribution >= 0.6 is 11.6 Å². The lowest BCUT2D eigenvalue weighted by Gasteiger charge is -2.43. The van der Waals surface area contributed by atoms with Gasteiger partial charge in [-0.15, -0.1) is 5.06 Å². The monoisotopic (exact) mass is 623 g/mol. The van der Waals surface area contributed by atoms with Crippen LogP contribution in [0.3, 0.4) is 0 Å². The van der Waals surface area contributed by atoms with Crippen LogP contribution in [0.25, 0.3) is 0 Å². The van der Waals surface area contributed by atoms with Crippen LogP contribution in [0.15, 0.2) is 36.4 Å². The van der Waals surface area contributed by atoms with Gasteiger partial charge in [0.15, 0.2) is 11.5 Å². The van der Waals surface area contributed by atoms with Gasteiger partial charge >= 0.3 is 24.4 Å². The Morgan fingerprint density at radius 3 is 2.40 bits per heavy atom. The number of carbonyl (C=O) groups excluding carboxylic acids is 2. The number of hydroxylamine groups is 1. The van der Waals surface area contributed by atoms with Crippen LogP contribution < -0.4 is 25.2 Å². The van der Waals surface area contributed by atoms with Crippen molar-refractivity contribution in [3.8, 4) is 11.5 Å². The van der Waals surface area contributed by atoms with Crippen molar-refractivity contribution in [2.24, 2.45) is 5.41 Å². The number of amides is 2. The van der Waals surface area contributed by atoms with Crippen LogP contribution in [-0.2, 0) is 22.2 Å². The highest BCUT2D eigenvalue weighted by Gasteiger charge is 2.48. The summed E-state index contributed by atoms with van der Waals surface area (Å²) < 4.78 is 89.9. The van der Waals surface area contributed by atoms with Crippen molar-refractivity contribution < 1.29 is 50.2 Å². The van der Waals surface area contributed by atoms with Gasteiger partial charge in [0.05, 0.1) is 30.5 Å². The molecule has 42 heavy (non-hydrogen) atoms. The molecule has 0 bridgehead atoms. The number of urea groups is 1. The van der Waals surface area contributed by atoms with Crippen molar-refractivity contribution in [3.05, 3.63) is 52.5 Å². The molecule has 1 aliphatic carbocycles. The third kappa shape index (κ3) is 6.80. The molecular formula is C27H28ClF6N3O5. The van der Waals surface area contributed by atoms with E-state index in [1.165, 1.54) is 14.2 Å². The first-order valence-corrected chi connectivity index (χ1v) is 13.3. The lowest BCUT2D eigenvalue weighted by Crippen LogP contribution is -2.53. The first kappa shape index (κ1) is 31.5. The predicted octanol–water partition coefficient (Wildman–Crippen LogP) is 6.06. The van der Waals surface area contributed by atoms with E-state index in [9.17, 15) is 35.9 Å². The first-order valence-electron chi connectivity index (χ1n) is 12.9. The van der Waals surface area contributed by atoms with Crippen molar-refractivity contribution >= 4 is 29.3 Å². The largest absolute Gasteiger partial charge is 0.493 e. The second-order valence-corrected chi connectivity index (χ2v) is 10.6. The van der Waals surface area contributed by atoms with Gasteiger partial charge in [0.1, 0.15) is 0 Å². The summed E-state index contributed by atoms with van der Waals surface area (Å²) in [5.74, 6) is -1.61. The number of methoxy groups -OCH3 is 2. The molecule has 3 atom stereocenters. The average molecular weight is 624 g/mol. The Morgan fingerprint density at radius 1 is 1.05 bits per heavy atom. The summed E-state index contributed by atoms with van der Waals surface area (Å²) in [6.07, 6.45) is -7.54. The fraction of sp³-hybridized carbons (Fsp3) is 0.481. The second-order valence-electron chi connectivity index (χ2n) is 10.2. The van der Waals surface area contributed by atoms with E-state index in [2.05, 4.69) is 15.5 Å². The Hall–Kier alpha value is -3.39. The highest BCUT2D eigenvalue weighted by molar-refractivity contribution is 6.31. The summed E-state index contributed by atoms with van der Waals surface area (Å²) in [5, 5.41) is 5.07. The van der Waals surface area contributed by atoms with Crippen molar-refractivity contribution in [1.29, 1.82) is 0 Å². The number of ether oxygens (including phenoxy) is 2. The molecule has 2 amide bonds. The lowest BCUT2D eigenvalue weighted by atomic mass is 9.66. The molecule has 15 heteroatoms. The SMILES string of the molecule is COc1ccc(C[C@@]23CCN[C@H]2C[C@H](NC(=O)N(OC(=O)C(F)(F)F)c2ccc(Cl)c(C(F)(F)F)c2)CC3)cc1OC. The molecule has 2 N–H and O–H groups in total. The molecule has 1 heterocycles. The van der Waals surface area contributed by atoms with Gasteiger partial charge in [0, 0.05) is 12.1 Å². The molecule has 0 aromatic heterocycles. The number of benzene rings is 2. The smallest absolute Gasteiger partial charge is 0.493 e. The van der Waals surface area contributed by atoms with Crippen molar-refractivity contribution in [1.82, 2.24) is 10.6 Å². The quantitative estimate of drug-likeness (QED) is 0.301. The number of nitrogens with one attached hydrogen (secondary N) is 2. The minimum Gasteiger partial charge on any atom is -0.493 e. The molecule has 0 unspecified atom stereocenters. The van der Waals surface area contributed by atoms with Gasteiger partial charge in [-0.3, -0.25) is 0 Å². The van der Waals surface area contributed by atoms with Gasteiger partial charge < -0.3 is 24.9 Å². The zero-order valence-electron chi connectivity index (χ0n) is 22.5. The zero-order chi connectivity index (χ0) is 30.9. The third-order valence-electron chi connectivity index (χ3n) is 7.68. The minimum atomic E-state index is -5.51. The number of alkyl halides is 6. The molecule has 4 rings (SSSR count). The molecule has 1 saturated heterocycles. The molecular weight excluding hydrogens is 596 g/mol. The number of halogens is 7. The molecule has 0 radical (unpaired) electrons. The molecule has 2 aromatic rings. The topological polar surface area (TPSA) is 89.1 Å². The maximum Gasteiger partial charge on any atom is 0.493 e. The highest BCUT2D eigenvalue weighted by atomic mass is 35.5. The zero-order valence-corrected chi connectivity index (χ0v) is 23.3. The first-order chi connectivity index (χ1) is 19.7. The maximum absolute atomic E-state index is 13.4. The standard InChI is InChI=1S/C27H28ClF6N3O5/c1-40-20-6-3-15(11-21(20)41-2)14-25-8-7-16(12-22(25)35-10-9-25)36-24(39)37(42-23(38)27(32,33)34)17-4-5-19(28)18(13-17)26(29,30)31/h3-6,11,13,16,22,35H,7-10,12,14H2,1-2H3,(H,36,39)/t16-,22+,25-/m1/s1. The maximum atomic E-state index is 13.4. The molecule has 8 nitrogen and oxygen atoms in total. The molecule has 2 aliphatic rings. The van der Waals surface area contributed by atoms with Crippen LogP contribution in [0.2, 0.25) is 5.02 Å². The molecule has 1 aliphatic heterocycles. The van der Waals surface area contributed by atoms with E-state index in [0.717, 1.165) is 24.1 Å². The fourth-order valence-corrected chi connectivity index (χ4v) is 5.87. The summed E-state index contributed by atoms with van der Waals surface area (Å²) in [5.41, 5.74) is -1.35.